The molecule has 1 aromatic rings. The van der Waals surface area contributed by atoms with E-state index in [1.807, 2.05) is 0 Å². The molecule has 1 heterocycles. The number of nitrogens with one attached hydrogen (secondary N) is 1. The van der Waals surface area contributed by atoms with Crippen LogP contribution in [0.2, 0.25) is 0 Å². The van der Waals surface area contributed by atoms with Gasteiger partial charge in [-0.1, -0.05) is 26.0 Å². The largest absolute Gasteiger partial charge is 0.370 e. The van der Waals surface area contributed by atoms with E-state index in [4.69, 9.17) is 0 Å². The zero-order valence-electron chi connectivity index (χ0n) is 16.1. The molecule has 0 amide bonds. The maximum Gasteiger partial charge on any atom is 0.209 e. The zero-order chi connectivity index (χ0) is 18.5. The maximum atomic E-state index is 11.9. The average molecular weight is 375 g/mol. The van der Waals surface area contributed by atoms with Crippen molar-refractivity contribution < 1.29 is 8.42 Å². The molecule has 1 atom stereocenters. The quantitative estimate of drug-likeness (QED) is 0.852. The van der Waals surface area contributed by atoms with Gasteiger partial charge < -0.3 is 4.90 Å². The van der Waals surface area contributed by atoms with Crippen molar-refractivity contribution in [2.45, 2.75) is 58.5 Å². The Morgan fingerprint density at radius 2 is 2.00 bits per heavy atom. The summed E-state index contributed by atoms with van der Waals surface area (Å²) in [7, 11) is -3.22. The minimum absolute atomic E-state index is 0.0829. The molecule has 0 aromatic heterocycles. The summed E-state index contributed by atoms with van der Waals surface area (Å²) in [6.45, 7) is 6.53. The molecule has 0 saturated heterocycles. The molecule has 142 valence electrons. The highest BCUT2D eigenvalue weighted by Gasteiger charge is 2.35. The predicted molar refractivity (Wildman–Crippen MR) is 106 cm³/mol. The third-order valence-corrected chi connectivity index (χ3v) is 6.44. The van der Waals surface area contributed by atoms with Crippen LogP contribution in [0.5, 0.6) is 0 Å². The molecular weight excluding hydrogens is 344 g/mol. The summed E-state index contributed by atoms with van der Waals surface area (Å²) in [5, 5.41) is 0. The summed E-state index contributed by atoms with van der Waals surface area (Å²) >= 11 is 0. The SMILES string of the molecule is CC(C)CN1Cc2c(ccc3c2C(NS(C)(=O)=O)CCC3)C=C1C1CC1. The summed E-state index contributed by atoms with van der Waals surface area (Å²) < 4.78 is 26.7. The number of aryl methyl sites for hydroxylation is 1. The van der Waals surface area contributed by atoms with Crippen molar-refractivity contribution in [3.05, 3.63) is 40.1 Å². The van der Waals surface area contributed by atoms with Crippen molar-refractivity contribution in [3.8, 4) is 0 Å². The fraction of sp³-hybridized carbons (Fsp3) is 0.619. The molecule has 1 aliphatic heterocycles. The van der Waals surface area contributed by atoms with Crippen LogP contribution in [0.4, 0.5) is 0 Å². The van der Waals surface area contributed by atoms with Gasteiger partial charge in [-0.05, 0) is 72.3 Å². The Labute approximate surface area is 157 Å². The van der Waals surface area contributed by atoms with Crippen LogP contribution in [0.1, 0.15) is 67.8 Å². The monoisotopic (exact) mass is 374 g/mol. The lowest BCUT2D eigenvalue weighted by atomic mass is 9.81. The molecule has 1 saturated carbocycles. The summed E-state index contributed by atoms with van der Waals surface area (Å²) in [4.78, 5) is 2.55. The topological polar surface area (TPSA) is 49.4 Å². The molecule has 4 rings (SSSR count). The number of rotatable bonds is 5. The van der Waals surface area contributed by atoms with Gasteiger partial charge in [0.1, 0.15) is 0 Å². The Morgan fingerprint density at radius 3 is 2.65 bits per heavy atom. The van der Waals surface area contributed by atoms with E-state index in [2.05, 4.69) is 41.7 Å². The summed E-state index contributed by atoms with van der Waals surface area (Å²) in [5.74, 6) is 1.34. The molecule has 5 heteroatoms. The highest BCUT2D eigenvalue weighted by atomic mass is 32.2. The van der Waals surface area contributed by atoms with Crippen LogP contribution in [-0.2, 0) is 23.0 Å². The summed E-state index contributed by atoms with van der Waals surface area (Å²) in [5.41, 5.74) is 6.71. The third-order valence-electron chi connectivity index (χ3n) is 5.73. The van der Waals surface area contributed by atoms with Gasteiger partial charge in [-0.25, -0.2) is 13.1 Å². The second-order valence-electron chi connectivity index (χ2n) is 8.66. The molecule has 1 aromatic carbocycles. The Hall–Kier alpha value is -1.33. The molecule has 4 nitrogen and oxygen atoms in total. The van der Waals surface area contributed by atoms with E-state index in [1.165, 1.54) is 47.0 Å². The van der Waals surface area contributed by atoms with Gasteiger partial charge in [0.25, 0.3) is 0 Å². The molecule has 0 spiro atoms. The van der Waals surface area contributed by atoms with E-state index < -0.39 is 10.0 Å². The van der Waals surface area contributed by atoms with Gasteiger partial charge in [-0.15, -0.1) is 0 Å². The number of sulfonamides is 1. The van der Waals surface area contributed by atoms with Gasteiger partial charge in [0.2, 0.25) is 10.0 Å². The van der Waals surface area contributed by atoms with Gasteiger partial charge in [-0.3, -0.25) is 0 Å². The lowest BCUT2D eigenvalue weighted by Gasteiger charge is -2.37. The number of hydrogen-bond donors (Lipinski definition) is 1. The van der Waals surface area contributed by atoms with Crippen LogP contribution in [0, 0.1) is 11.8 Å². The molecule has 26 heavy (non-hydrogen) atoms. The van der Waals surface area contributed by atoms with Crippen LogP contribution >= 0.6 is 0 Å². The second-order valence-corrected chi connectivity index (χ2v) is 10.4. The molecule has 1 N–H and O–H groups in total. The zero-order valence-corrected chi connectivity index (χ0v) is 16.9. The molecular formula is C21H30N2O2S. The minimum atomic E-state index is -3.22. The first kappa shape index (κ1) is 18.1. The van der Waals surface area contributed by atoms with Crippen molar-refractivity contribution in [3.63, 3.8) is 0 Å². The van der Waals surface area contributed by atoms with E-state index in [9.17, 15) is 8.42 Å². The van der Waals surface area contributed by atoms with Crippen LogP contribution in [0.15, 0.2) is 17.8 Å². The fourth-order valence-corrected chi connectivity index (χ4v) is 5.36. The standard InChI is InChI=1S/C21H30N2O2S/c1-14(2)12-23-13-18-17(11-20(23)15-7-8-15)10-9-16-5-4-6-19(21(16)18)22-26(3,24)25/h9-11,14-15,19,22H,4-8,12-13H2,1-3H3. The predicted octanol–water partition coefficient (Wildman–Crippen LogP) is 3.84. The van der Waals surface area contributed by atoms with Gasteiger partial charge in [0, 0.05) is 24.8 Å². The Morgan fingerprint density at radius 1 is 1.23 bits per heavy atom. The molecule has 1 unspecified atom stereocenters. The lowest BCUT2D eigenvalue weighted by molar-refractivity contribution is 0.280. The van der Waals surface area contributed by atoms with Crippen LogP contribution in [-0.4, -0.2) is 26.1 Å². The van der Waals surface area contributed by atoms with Crippen molar-refractivity contribution in [2.75, 3.05) is 12.8 Å². The van der Waals surface area contributed by atoms with Crippen molar-refractivity contribution in [2.24, 2.45) is 11.8 Å². The van der Waals surface area contributed by atoms with Gasteiger partial charge in [-0.2, -0.15) is 0 Å². The molecule has 2 aliphatic carbocycles. The van der Waals surface area contributed by atoms with Gasteiger partial charge in [0.05, 0.1) is 6.26 Å². The minimum Gasteiger partial charge on any atom is -0.370 e. The lowest BCUT2D eigenvalue weighted by Crippen LogP contribution is -2.35. The van der Waals surface area contributed by atoms with E-state index >= 15 is 0 Å². The first-order valence-corrected chi connectivity index (χ1v) is 11.8. The first-order chi connectivity index (χ1) is 12.3. The summed E-state index contributed by atoms with van der Waals surface area (Å²) in [6, 6.07) is 4.40. The molecule has 3 aliphatic rings. The number of benzene rings is 1. The van der Waals surface area contributed by atoms with Gasteiger partial charge in [0.15, 0.2) is 0 Å². The van der Waals surface area contributed by atoms with Crippen molar-refractivity contribution in [1.29, 1.82) is 0 Å². The Bertz CT molecular complexity index is 838. The fourth-order valence-electron chi connectivity index (χ4n) is 4.61. The summed E-state index contributed by atoms with van der Waals surface area (Å²) in [6.07, 6.45) is 9.24. The smallest absolute Gasteiger partial charge is 0.209 e. The first-order valence-electron chi connectivity index (χ1n) is 9.90. The number of nitrogens with zero attached hydrogens (tertiary/aromatic N) is 1. The van der Waals surface area contributed by atoms with Crippen molar-refractivity contribution >= 4 is 16.1 Å². The number of allylic oxidation sites excluding steroid dienone is 1. The Kier molecular flexibility index (Phi) is 4.64. The van der Waals surface area contributed by atoms with E-state index in [1.54, 1.807) is 0 Å². The maximum absolute atomic E-state index is 11.9. The second kappa shape index (κ2) is 6.68. The third kappa shape index (κ3) is 3.70. The van der Waals surface area contributed by atoms with Crippen LogP contribution in [0.3, 0.4) is 0 Å². The van der Waals surface area contributed by atoms with Gasteiger partial charge >= 0.3 is 0 Å². The normalized spacial score (nSPS) is 22.8. The van der Waals surface area contributed by atoms with E-state index in [-0.39, 0.29) is 6.04 Å². The van der Waals surface area contributed by atoms with Crippen LogP contribution < -0.4 is 4.72 Å². The average Bonchev–Trinajstić information content (AvgIpc) is 3.37. The van der Waals surface area contributed by atoms with E-state index in [0.717, 1.165) is 38.3 Å². The highest BCUT2D eigenvalue weighted by molar-refractivity contribution is 7.88. The highest BCUT2D eigenvalue weighted by Crippen LogP contribution is 2.44. The number of fused-ring (bicyclic) bond motifs is 3. The Balaban J connectivity index is 1.77. The number of hydrogen-bond acceptors (Lipinski definition) is 3. The molecule has 1 fully saturated rings. The van der Waals surface area contributed by atoms with Crippen LogP contribution in [0.25, 0.3) is 6.08 Å². The molecule has 0 radical (unpaired) electrons. The molecule has 0 bridgehead atoms. The van der Waals surface area contributed by atoms with E-state index in [0.29, 0.717) is 5.92 Å². The van der Waals surface area contributed by atoms with Crippen molar-refractivity contribution in [1.82, 2.24) is 9.62 Å².